The van der Waals surface area contributed by atoms with Gasteiger partial charge in [0.1, 0.15) is 46.6 Å². The summed E-state index contributed by atoms with van der Waals surface area (Å²) in [6.07, 6.45) is 4.82. The first-order valence-corrected chi connectivity index (χ1v) is 26.9. The number of carbonyl (C=O) groups is 3. The van der Waals surface area contributed by atoms with Crippen LogP contribution in [0.15, 0.2) is 89.6 Å². The summed E-state index contributed by atoms with van der Waals surface area (Å²) >= 11 is 9.54. The maximum Gasteiger partial charge on any atom is 0.248 e. The lowest BCUT2D eigenvalue weighted by Crippen LogP contribution is -2.49. The van der Waals surface area contributed by atoms with Gasteiger partial charge in [0.2, 0.25) is 17.7 Å². The summed E-state index contributed by atoms with van der Waals surface area (Å²) in [4.78, 5) is 55.9. The molecular weight excluding hydrogens is 983 g/mol. The average Bonchev–Trinajstić information content (AvgIpc) is 4.19. The Morgan fingerprint density at radius 1 is 0.918 bits per heavy atom. The molecule has 3 aromatic carbocycles. The molecule has 1 saturated heterocycles. The summed E-state index contributed by atoms with van der Waals surface area (Å²) in [6, 6.07) is 17.9. The molecule has 4 aromatic heterocycles. The number of nitrogens with zero attached hydrogens (tertiary/aromatic N) is 8. The predicted molar refractivity (Wildman–Crippen MR) is 283 cm³/mol. The zero-order chi connectivity index (χ0) is 51.4. The Labute approximate surface area is 437 Å². The van der Waals surface area contributed by atoms with Gasteiger partial charge < -0.3 is 20.3 Å². The van der Waals surface area contributed by atoms with Crippen molar-refractivity contribution in [3.8, 4) is 32.3 Å². The number of benzene rings is 3. The number of thiophene rings is 1. The fourth-order valence-electron chi connectivity index (χ4n) is 10.3. The monoisotopic (exact) mass is 1040 g/mol. The summed E-state index contributed by atoms with van der Waals surface area (Å²) in [5, 5.41) is 21.5. The van der Waals surface area contributed by atoms with Gasteiger partial charge in [-0.2, -0.15) is 5.10 Å². The molecule has 2 unspecified atom stereocenters. The van der Waals surface area contributed by atoms with Gasteiger partial charge in [0, 0.05) is 64.3 Å². The van der Waals surface area contributed by atoms with Crippen LogP contribution in [-0.4, -0.2) is 82.6 Å². The van der Waals surface area contributed by atoms with Crippen LogP contribution in [0.5, 0.6) is 5.75 Å². The highest BCUT2D eigenvalue weighted by molar-refractivity contribution is 7.15. The van der Waals surface area contributed by atoms with E-state index in [2.05, 4.69) is 51.7 Å². The molecule has 10 rings (SSSR count). The van der Waals surface area contributed by atoms with E-state index in [9.17, 15) is 14.4 Å². The molecule has 6 heterocycles. The number of halogens is 2. The molecule has 1 saturated carbocycles. The SMILES string of the molecule is Cc1ncsc1-c1ccc(C(C)NC(=O)[C@@H]2CC(C)CN2C(=O)[C@H](C(C)C)n2cc(-c3cc(F)cc(OC4CC(NC(=O)C[C@@H]5N=C(c6ccc(Cl)cc6)c6c(sc(C)c6C)-n6c(C)nnc65)C4)c3)cn2)cc1. The van der Waals surface area contributed by atoms with Crippen LogP contribution < -0.4 is 15.4 Å². The number of nitrogens with one attached hydrogen (secondary N) is 2. The second-order valence-corrected chi connectivity index (χ2v) is 22.6. The molecule has 18 heteroatoms. The van der Waals surface area contributed by atoms with Gasteiger partial charge >= 0.3 is 0 Å². The predicted octanol–water partition coefficient (Wildman–Crippen LogP) is 10.7. The first-order valence-electron chi connectivity index (χ1n) is 24.8. The molecule has 0 bridgehead atoms. The Balaban J connectivity index is 0.774. The number of thiazole rings is 1. The lowest BCUT2D eigenvalue weighted by Gasteiger charge is -2.36. The van der Waals surface area contributed by atoms with E-state index >= 15 is 4.39 Å². The number of likely N-dealkylation sites (tertiary alicyclic amines) is 1. The van der Waals surface area contributed by atoms with Crippen molar-refractivity contribution in [1.82, 2.24) is 45.1 Å². The number of aliphatic imine (C=N–C) groups is 1. The van der Waals surface area contributed by atoms with Crippen molar-refractivity contribution in [2.24, 2.45) is 16.8 Å². The van der Waals surface area contributed by atoms with Crippen molar-refractivity contribution in [1.29, 1.82) is 0 Å². The third-order valence-corrected chi connectivity index (χ3v) is 16.8. The van der Waals surface area contributed by atoms with E-state index in [1.54, 1.807) is 50.7 Å². The topological polar surface area (TPSA) is 162 Å². The molecular formula is C55H58ClFN10O4S2. The molecule has 7 aromatic rings. The average molecular weight is 1040 g/mol. The molecule has 378 valence electrons. The molecule has 5 atom stereocenters. The van der Waals surface area contributed by atoms with Gasteiger partial charge in [0.15, 0.2) is 5.82 Å². The number of hydrogen-bond acceptors (Lipinski definition) is 11. The van der Waals surface area contributed by atoms with E-state index in [1.165, 1.54) is 12.1 Å². The normalized spacial score (nSPS) is 20.1. The highest BCUT2D eigenvalue weighted by Crippen LogP contribution is 2.41. The summed E-state index contributed by atoms with van der Waals surface area (Å²) < 4.78 is 25.3. The van der Waals surface area contributed by atoms with E-state index in [0.717, 1.165) is 54.0 Å². The third-order valence-electron chi connectivity index (χ3n) is 14.3. The highest BCUT2D eigenvalue weighted by atomic mass is 35.5. The lowest BCUT2D eigenvalue weighted by molar-refractivity contribution is -0.142. The smallest absolute Gasteiger partial charge is 0.248 e. The molecule has 0 spiro atoms. The maximum absolute atomic E-state index is 15.3. The number of aromatic nitrogens is 6. The second-order valence-electron chi connectivity index (χ2n) is 20.1. The Bertz CT molecular complexity index is 3250. The van der Waals surface area contributed by atoms with Crippen LogP contribution >= 0.6 is 34.3 Å². The number of ether oxygens (including phenoxy) is 1. The molecule has 2 fully saturated rings. The van der Waals surface area contributed by atoms with Crippen molar-refractivity contribution < 1.29 is 23.5 Å². The largest absolute Gasteiger partial charge is 0.490 e. The second kappa shape index (κ2) is 20.4. The van der Waals surface area contributed by atoms with Crippen LogP contribution in [0.25, 0.3) is 26.6 Å². The van der Waals surface area contributed by atoms with E-state index < -0.39 is 23.9 Å². The van der Waals surface area contributed by atoms with Gasteiger partial charge in [0.25, 0.3) is 0 Å². The van der Waals surface area contributed by atoms with Gasteiger partial charge in [-0.25, -0.2) is 9.37 Å². The molecule has 3 amide bonds. The van der Waals surface area contributed by atoms with Crippen molar-refractivity contribution >= 4 is 57.7 Å². The van der Waals surface area contributed by atoms with Gasteiger partial charge in [-0.3, -0.25) is 28.6 Å². The summed E-state index contributed by atoms with van der Waals surface area (Å²) in [6.45, 7) is 16.5. The van der Waals surface area contributed by atoms with Crippen LogP contribution in [0.2, 0.25) is 5.02 Å². The number of aryl methyl sites for hydroxylation is 3. The van der Waals surface area contributed by atoms with E-state index in [1.807, 2.05) is 93.2 Å². The van der Waals surface area contributed by atoms with Crippen LogP contribution in [0, 0.1) is 45.3 Å². The molecule has 0 radical (unpaired) electrons. The van der Waals surface area contributed by atoms with E-state index in [-0.39, 0.29) is 54.2 Å². The van der Waals surface area contributed by atoms with Gasteiger partial charge in [-0.05, 0) is 99.4 Å². The van der Waals surface area contributed by atoms with Crippen molar-refractivity contribution in [2.45, 2.75) is 117 Å². The minimum atomic E-state index is -0.703. The summed E-state index contributed by atoms with van der Waals surface area (Å²) in [7, 11) is 0. The molecule has 14 nitrogen and oxygen atoms in total. The standard InChI is InChI=1S/C55H58ClFN10O4S2/c1-28(2)50(54(70)65-25-29(3)17-46(65)53(69)60-31(5)35-9-11-37(12-10-35)51-32(6)58-27-72-51)66-26-39(24-59-66)38-18-41(57)20-43(19-38)71-44-21-42(22-44)61-47(68)23-45-52-64-63-34(8)67(52)55-48(30(4)33(7)73-55)49(62-45)36-13-15-40(56)16-14-36/h9-16,18-20,24,26-29,31,42,44-46,50H,17,21-23,25H2,1-8H3,(H,60,69)(H,61,68)/t29?,31?,42?,44?,45-,46-,50-/m0/s1. The maximum atomic E-state index is 15.3. The van der Waals surface area contributed by atoms with Crippen LogP contribution in [0.3, 0.4) is 0 Å². The van der Waals surface area contributed by atoms with Crippen molar-refractivity contribution in [2.75, 3.05) is 6.54 Å². The Morgan fingerprint density at radius 3 is 2.37 bits per heavy atom. The lowest BCUT2D eigenvalue weighted by atomic mass is 9.89. The molecule has 2 aliphatic heterocycles. The Kier molecular flexibility index (Phi) is 14.0. The van der Waals surface area contributed by atoms with Gasteiger partial charge in [-0.15, -0.1) is 32.9 Å². The number of carbonyl (C=O) groups excluding carboxylic acids is 3. The van der Waals surface area contributed by atoms with Crippen LogP contribution in [0.1, 0.15) is 116 Å². The zero-order valence-electron chi connectivity index (χ0n) is 42.0. The fourth-order valence-corrected chi connectivity index (χ4v) is 12.5. The number of amides is 3. The molecule has 1 aliphatic carbocycles. The molecule has 73 heavy (non-hydrogen) atoms. The fraction of sp³-hybridized carbons (Fsp3) is 0.382. The summed E-state index contributed by atoms with van der Waals surface area (Å²) in [5.41, 5.74) is 9.81. The Hall–Kier alpha value is -6.56. The van der Waals surface area contributed by atoms with Crippen LogP contribution in [-0.2, 0) is 14.4 Å². The van der Waals surface area contributed by atoms with E-state index in [4.69, 9.17) is 21.3 Å². The molecule has 2 N–H and O–H groups in total. The first-order chi connectivity index (χ1) is 35.0. The van der Waals surface area contributed by atoms with Gasteiger partial charge in [-0.1, -0.05) is 68.8 Å². The minimum absolute atomic E-state index is 0.0611. The number of fused-ring (bicyclic) bond motifs is 3. The van der Waals surface area contributed by atoms with Gasteiger partial charge in [0.05, 0.1) is 40.5 Å². The Morgan fingerprint density at radius 2 is 1.66 bits per heavy atom. The minimum Gasteiger partial charge on any atom is -0.490 e. The third kappa shape index (κ3) is 10.1. The quantitative estimate of drug-likeness (QED) is 0.109. The molecule has 3 aliphatic rings. The summed E-state index contributed by atoms with van der Waals surface area (Å²) in [5.74, 6) is 0.594. The first kappa shape index (κ1) is 50.0. The van der Waals surface area contributed by atoms with Crippen LogP contribution in [0.4, 0.5) is 4.39 Å². The van der Waals surface area contributed by atoms with E-state index in [0.29, 0.717) is 59.4 Å². The number of hydrogen-bond donors (Lipinski definition) is 2. The van der Waals surface area contributed by atoms with Crippen molar-refractivity contribution in [3.63, 3.8) is 0 Å². The highest BCUT2D eigenvalue weighted by Gasteiger charge is 2.42. The van der Waals surface area contributed by atoms with Crippen molar-refractivity contribution in [3.05, 3.63) is 140 Å². The zero-order valence-corrected chi connectivity index (χ0v) is 44.4. The number of rotatable bonds is 14.